The van der Waals surface area contributed by atoms with Gasteiger partial charge in [-0.25, -0.2) is 0 Å². The second-order valence-corrected chi connectivity index (χ2v) is 9.85. The highest BCUT2D eigenvalue weighted by molar-refractivity contribution is 6.61. The van der Waals surface area contributed by atoms with Crippen LogP contribution in [0.1, 0.15) is 0 Å². The molecule has 0 unspecified atom stereocenters. The van der Waals surface area contributed by atoms with Gasteiger partial charge in [-0.3, -0.25) is 0 Å². The average molecular weight is 240 g/mol. The van der Waals surface area contributed by atoms with Gasteiger partial charge in [-0.05, 0) is 13.1 Å². The summed E-state index contributed by atoms with van der Waals surface area (Å²) in [7, 11) is 14.4. The highest BCUT2D eigenvalue weighted by Crippen LogP contribution is 1.82. The Labute approximate surface area is 97.2 Å². The highest BCUT2D eigenvalue weighted by atomic mass is 28.4. The third kappa shape index (κ3) is 632000. The van der Waals surface area contributed by atoms with Crippen molar-refractivity contribution in [3.63, 3.8) is 0 Å². The summed E-state index contributed by atoms with van der Waals surface area (Å²) in [6, 6.07) is 0. The second kappa shape index (κ2) is 7.35. The summed E-state index contributed by atoms with van der Waals surface area (Å²) in [6.07, 6.45) is 0. The number of nitrogens with zero attached hydrogens (tertiary/aromatic N) is 2. The van der Waals surface area contributed by atoms with E-state index in [-0.39, 0.29) is 0 Å². The third-order valence-corrected chi connectivity index (χ3v) is 0. The molecule has 2 N–H and O–H groups in total. The second-order valence-electron chi connectivity index (χ2n) is 6.86. The highest BCUT2D eigenvalue weighted by Gasteiger charge is 2.08. The lowest BCUT2D eigenvalue weighted by molar-refractivity contribution is -0.849. The lowest BCUT2D eigenvalue weighted by atomic mass is 10.8. The molecule has 0 radical (unpaired) electrons. The van der Waals surface area contributed by atoms with Gasteiger partial charge in [0.1, 0.15) is 0 Å². The van der Waals surface area contributed by atoms with Crippen LogP contribution in [0.4, 0.5) is 0 Å². The summed E-state index contributed by atoms with van der Waals surface area (Å²) in [5.74, 6) is 0. The Morgan fingerprint density at radius 2 is 0.600 bits per heavy atom. The molecule has 0 aromatic heterocycles. The topological polar surface area (TPSA) is 40.5 Å². The van der Waals surface area contributed by atoms with Crippen LogP contribution in [-0.4, -0.2) is 83.5 Å². The molecule has 0 saturated carbocycles. The third-order valence-electron chi connectivity index (χ3n) is 0. The summed E-state index contributed by atoms with van der Waals surface area (Å²) < 4.78 is 2.00. The Morgan fingerprint density at radius 1 is 0.600 bits per heavy atom. The zero-order valence-corrected chi connectivity index (χ0v) is 13.3. The first kappa shape index (κ1) is 20.5. The fourth-order valence-corrected chi connectivity index (χ4v) is 0. The van der Waals surface area contributed by atoms with Crippen molar-refractivity contribution >= 4 is 8.56 Å². The van der Waals surface area contributed by atoms with Gasteiger partial charge in [-0.15, -0.1) is 0 Å². The summed E-state index contributed by atoms with van der Waals surface area (Å²) in [4.78, 5) is 16.4. The van der Waals surface area contributed by atoms with E-state index in [9.17, 15) is 0 Å². The summed E-state index contributed by atoms with van der Waals surface area (Å²) in [5.41, 5.74) is 0. The van der Waals surface area contributed by atoms with Crippen LogP contribution in [0.15, 0.2) is 0 Å². The standard InChI is InChI=1S/2C4H12N.C2H8O2Si/c3*1-5(2,3)4/h2*1-4H3;3-4H,1-2H3/q2*+1;. The minimum atomic E-state index is -2.61. The van der Waals surface area contributed by atoms with Crippen molar-refractivity contribution in [3.05, 3.63) is 0 Å². The molecule has 0 aliphatic rings. The molecule has 96 valence electrons. The van der Waals surface area contributed by atoms with Crippen molar-refractivity contribution in [3.8, 4) is 0 Å². The number of rotatable bonds is 0. The first-order chi connectivity index (χ1) is 6.00. The van der Waals surface area contributed by atoms with Crippen molar-refractivity contribution < 1.29 is 18.6 Å². The van der Waals surface area contributed by atoms with E-state index in [1.165, 1.54) is 13.1 Å². The summed E-state index contributed by atoms with van der Waals surface area (Å²) in [6.45, 7) is 2.88. The zero-order valence-electron chi connectivity index (χ0n) is 12.3. The van der Waals surface area contributed by atoms with E-state index in [2.05, 4.69) is 56.4 Å². The Morgan fingerprint density at radius 3 is 0.600 bits per heavy atom. The molecule has 0 heterocycles. The van der Waals surface area contributed by atoms with Gasteiger partial charge < -0.3 is 18.6 Å². The molecule has 0 aliphatic carbocycles. The monoisotopic (exact) mass is 240 g/mol. The van der Waals surface area contributed by atoms with E-state index in [1.54, 1.807) is 0 Å². The van der Waals surface area contributed by atoms with Gasteiger partial charge in [0.15, 0.2) is 0 Å². The van der Waals surface area contributed by atoms with Crippen LogP contribution >= 0.6 is 0 Å². The van der Waals surface area contributed by atoms with Crippen LogP contribution in [-0.2, 0) is 0 Å². The number of hydrogen-bond acceptors (Lipinski definition) is 2. The average Bonchev–Trinajstić information content (AvgIpc) is 1.41. The largest absolute Gasteiger partial charge is 0.411 e. The summed E-state index contributed by atoms with van der Waals surface area (Å²) >= 11 is 0. The van der Waals surface area contributed by atoms with E-state index < -0.39 is 8.56 Å². The van der Waals surface area contributed by atoms with E-state index in [0.717, 1.165) is 8.97 Å². The maximum atomic E-state index is 8.22. The molecule has 0 rings (SSSR count). The van der Waals surface area contributed by atoms with Gasteiger partial charge in [0, 0.05) is 0 Å². The van der Waals surface area contributed by atoms with Crippen LogP contribution in [0.3, 0.4) is 0 Å². The van der Waals surface area contributed by atoms with E-state index in [4.69, 9.17) is 9.59 Å². The molecule has 0 bridgehead atoms. The minimum absolute atomic E-state index is 1.00. The van der Waals surface area contributed by atoms with Crippen molar-refractivity contribution in [2.75, 3.05) is 56.4 Å². The SMILES string of the molecule is C[N+](C)(C)C.C[N+](C)(C)C.C[Si](C)(O)O. The molecule has 0 amide bonds. The van der Waals surface area contributed by atoms with E-state index in [0.29, 0.717) is 0 Å². The molecule has 0 aliphatic heterocycles. The molecule has 0 atom stereocenters. The van der Waals surface area contributed by atoms with E-state index in [1.807, 2.05) is 0 Å². The van der Waals surface area contributed by atoms with E-state index >= 15 is 0 Å². The number of hydrogen-bond donors (Lipinski definition) is 2. The lowest BCUT2D eigenvalue weighted by Gasteiger charge is -2.14. The van der Waals surface area contributed by atoms with Crippen LogP contribution < -0.4 is 0 Å². The van der Waals surface area contributed by atoms with Crippen LogP contribution in [0, 0.1) is 0 Å². The van der Waals surface area contributed by atoms with Crippen molar-refractivity contribution in [1.82, 2.24) is 0 Å². The molecule has 5 heteroatoms. The summed E-state index contributed by atoms with van der Waals surface area (Å²) in [5, 5.41) is 0. The Balaban J connectivity index is -0.000000144. The lowest BCUT2D eigenvalue weighted by Crippen LogP contribution is -2.27. The smallest absolute Gasteiger partial charge is 0.326 e. The maximum absolute atomic E-state index is 8.22. The van der Waals surface area contributed by atoms with Crippen LogP contribution in [0.2, 0.25) is 13.1 Å². The molecule has 0 saturated heterocycles. The molecule has 0 aromatic carbocycles. The molecule has 0 aromatic rings. The van der Waals surface area contributed by atoms with Crippen molar-refractivity contribution in [1.29, 1.82) is 0 Å². The molecule has 0 fully saturated rings. The molecular weight excluding hydrogens is 208 g/mol. The Hall–Kier alpha value is 0.0569. The van der Waals surface area contributed by atoms with Crippen molar-refractivity contribution in [2.24, 2.45) is 0 Å². The first-order valence-corrected chi connectivity index (χ1v) is 7.92. The van der Waals surface area contributed by atoms with Gasteiger partial charge in [-0.1, -0.05) is 0 Å². The number of quaternary nitrogens is 2. The van der Waals surface area contributed by atoms with Gasteiger partial charge in [0.2, 0.25) is 0 Å². The first-order valence-electron chi connectivity index (χ1n) is 5.02. The molecule has 0 spiro atoms. The maximum Gasteiger partial charge on any atom is 0.326 e. The van der Waals surface area contributed by atoms with Gasteiger partial charge >= 0.3 is 8.56 Å². The molecule has 15 heavy (non-hydrogen) atoms. The zero-order chi connectivity index (χ0) is 13.5. The predicted octanol–water partition coefficient (Wildman–Crippen LogP) is 0.318. The molecule has 4 nitrogen and oxygen atoms in total. The Kier molecular flexibility index (Phi) is 10.0. The predicted molar refractivity (Wildman–Crippen MR) is 69.8 cm³/mol. The normalized spacial score (nSPS) is 12.0. The van der Waals surface area contributed by atoms with Gasteiger partial charge in [-0.2, -0.15) is 0 Å². The fourth-order valence-electron chi connectivity index (χ4n) is 0. The molecular formula is C10H32N2O2Si+2. The minimum Gasteiger partial charge on any atom is -0.411 e. The quantitative estimate of drug-likeness (QED) is 0.473. The van der Waals surface area contributed by atoms with Gasteiger partial charge in [0.25, 0.3) is 0 Å². The van der Waals surface area contributed by atoms with Crippen LogP contribution in [0.25, 0.3) is 0 Å². The Bertz CT molecular complexity index is 96.4. The fraction of sp³-hybridized carbons (Fsp3) is 1.00. The van der Waals surface area contributed by atoms with Crippen LogP contribution in [0.5, 0.6) is 0 Å². The van der Waals surface area contributed by atoms with Crippen molar-refractivity contribution in [2.45, 2.75) is 13.1 Å². The van der Waals surface area contributed by atoms with Gasteiger partial charge in [0.05, 0.1) is 56.4 Å².